The third-order valence-electron chi connectivity index (χ3n) is 3.65. The van der Waals surface area contributed by atoms with Gasteiger partial charge in [-0.3, -0.25) is 5.32 Å². The van der Waals surface area contributed by atoms with Crippen LogP contribution in [0.5, 0.6) is 0 Å². The fraction of sp³-hybridized carbons (Fsp3) is 0.562. The Morgan fingerprint density at radius 3 is 2.57 bits per heavy atom. The quantitative estimate of drug-likeness (QED) is 0.750. The lowest BCUT2D eigenvalue weighted by atomic mass is 10.0. The van der Waals surface area contributed by atoms with Gasteiger partial charge < -0.3 is 9.64 Å². The predicted octanol–water partition coefficient (Wildman–Crippen LogP) is 2.79. The monoisotopic (exact) mass is 312 g/mol. The Hall–Kier alpha value is -1.10. The van der Waals surface area contributed by atoms with Crippen LogP contribution in [0.15, 0.2) is 18.2 Å². The Morgan fingerprint density at radius 1 is 1.38 bits per heavy atom. The van der Waals surface area contributed by atoms with Crippen LogP contribution in [0.4, 0.5) is 0 Å². The van der Waals surface area contributed by atoms with E-state index in [2.05, 4.69) is 24.1 Å². The van der Waals surface area contributed by atoms with E-state index >= 15 is 0 Å². The second kappa shape index (κ2) is 9.03. The van der Waals surface area contributed by atoms with Crippen LogP contribution in [0, 0.1) is 6.92 Å². The number of carbonyl (C=O) groups is 1. The van der Waals surface area contributed by atoms with E-state index in [0.717, 1.165) is 37.3 Å². The molecule has 1 rings (SSSR count). The first kappa shape index (κ1) is 18.0. The van der Waals surface area contributed by atoms with Crippen molar-refractivity contribution in [3.05, 3.63) is 34.3 Å². The number of nitrogens with zero attached hydrogens (tertiary/aromatic N) is 1. The molecule has 0 saturated carbocycles. The number of aryl methyl sites for hydroxylation is 1. The molecular weight excluding hydrogens is 288 g/mol. The SMILES string of the molecule is CCN(CC)CCNC(C(=O)OC)c1ccc(Cl)cc1C. The van der Waals surface area contributed by atoms with Crippen LogP contribution in [0.1, 0.15) is 31.0 Å². The maximum atomic E-state index is 12.0. The zero-order valence-corrected chi connectivity index (χ0v) is 14.0. The average molecular weight is 313 g/mol. The molecule has 118 valence electrons. The van der Waals surface area contributed by atoms with Gasteiger partial charge in [-0.15, -0.1) is 0 Å². The lowest BCUT2D eigenvalue weighted by Gasteiger charge is -2.22. The first-order chi connectivity index (χ1) is 10.0. The summed E-state index contributed by atoms with van der Waals surface area (Å²) in [6, 6.07) is 5.08. The average Bonchev–Trinajstić information content (AvgIpc) is 2.48. The van der Waals surface area contributed by atoms with Crippen LogP contribution in [0.25, 0.3) is 0 Å². The highest BCUT2D eigenvalue weighted by molar-refractivity contribution is 6.30. The minimum Gasteiger partial charge on any atom is -0.468 e. The topological polar surface area (TPSA) is 41.6 Å². The van der Waals surface area contributed by atoms with Gasteiger partial charge in [0.25, 0.3) is 0 Å². The molecule has 0 saturated heterocycles. The third-order valence-corrected chi connectivity index (χ3v) is 3.89. The van der Waals surface area contributed by atoms with E-state index in [1.807, 2.05) is 19.1 Å². The van der Waals surface area contributed by atoms with Crippen LogP contribution in [-0.2, 0) is 9.53 Å². The smallest absolute Gasteiger partial charge is 0.327 e. The van der Waals surface area contributed by atoms with Gasteiger partial charge in [-0.25, -0.2) is 4.79 Å². The van der Waals surface area contributed by atoms with Crippen molar-refractivity contribution in [2.45, 2.75) is 26.8 Å². The molecule has 1 aromatic carbocycles. The molecule has 0 fully saturated rings. The number of esters is 1. The van der Waals surface area contributed by atoms with Crippen molar-refractivity contribution < 1.29 is 9.53 Å². The van der Waals surface area contributed by atoms with Crippen LogP contribution < -0.4 is 5.32 Å². The lowest BCUT2D eigenvalue weighted by molar-refractivity contribution is -0.143. The van der Waals surface area contributed by atoms with Gasteiger partial charge in [-0.2, -0.15) is 0 Å². The van der Waals surface area contributed by atoms with E-state index in [9.17, 15) is 4.79 Å². The minimum absolute atomic E-state index is 0.278. The summed E-state index contributed by atoms with van der Waals surface area (Å²) in [4.78, 5) is 14.3. The van der Waals surface area contributed by atoms with Crippen LogP contribution in [0.3, 0.4) is 0 Å². The Balaban J connectivity index is 2.79. The lowest BCUT2D eigenvalue weighted by Crippen LogP contribution is -2.37. The molecule has 0 aromatic heterocycles. The summed E-state index contributed by atoms with van der Waals surface area (Å²) < 4.78 is 4.91. The zero-order chi connectivity index (χ0) is 15.8. The molecule has 1 N–H and O–H groups in total. The molecule has 0 spiro atoms. The second-order valence-corrected chi connectivity index (χ2v) is 5.37. The van der Waals surface area contributed by atoms with Gasteiger partial charge in [0, 0.05) is 18.1 Å². The number of nitrogens with one attached hydrogen (secondary N) is 1. The summed E-state index contributed by atoms with van der Waals surface area (Å²) in [5.74, 6) is -0.278. The van der Waals surface area contributed by atoms with E-state index in [-0.39, 0.29) is 5.97 Å². The van der Waals surface area contributed by atoms with Gasteiger partial charge in [-0.05, 0) is 43.3 Å². The van der Waals surface area contributed by atoms with Crippen molar-refractivity contribution >= 4 is 17.6 Å². The molecule has 5 heteroatoms. The van der Waals surface area contributed by atoms with Gasteiger partial charge in [0.05, 0.1) is 7.11 Å². The van der Waals surface area contributed by atoms with E-state index < -0.39 is 6.04 Å². The van der Waals surface area contributed by atoms with Gasteiger partial charge in [-0.1, -0.05) is 31.5 Å². The zero-order valence-electron chi connectivity index (χ0n) is 13.3. The molecule has 21 heavy (non-hydrogen) atoms. The standard InChI is InChI=1S/C16H25ClN2O2/c1-5-19(6-2)10-9-18-15(16(20)21-4)14-8-7-13(17)11-12(14)3/h7-8,11,15,18H,5-6,9-10H2,1-4H3. The molecule has 0 aliphatic carbocycles. The normalized spacial score (nSPS) is 12.5. The Labute approximate surface area is 132 Å². The fourth-order valence-corrected chi connectivity index (χ4v) is 2.53. The first-order valence-electron chi connectivity index (χ1n) is 7.33. The van der Waals surface area contributed by atoms with Gasteiger partial charge >= 0.3 is 5.97 Å². The van der Waals surface area contributed by atoms with Crippen molar-refractivity contribution in [3.63, 3.8) is 0 Å². The molecule has 4 nitrogen and oxygen atoms in total. The molecule has 0 heterocycles. The number of halogens is 1. The number of ether oxygens (including phenoxy) is 1. The summed E-state index contributed by atoms with van der Waals surface area (Å²) >= 11 is 5.98. The molecule has 0 radical (unpaired) electrons. The largest absolute Gasteiger partial charge is 0.468 e. The van der Waals surface area contributed by atoms with Crippen molar-refractivity contribution in [1.29, 1.82) is 0 Å². The van der Waals surface area contributed by atoms with Gasteiger partial charge in [0.1, 0.15) is 6.04 Å². The maximum absolute atomic E-state index is 12.0. The number of likely N-dealkylation sites (N-methyl/N-ethyl adjacent to an activating group) is 1. The maximum Gasteiger partial charge on any atom is 0.327 e. The number of hydrogen-bond acceptors (Lipinski definition) is 4. The number of rotatable bonds is 8. The molecular formula is C16H25ClN2O2. The summed E-state index contributed by atoms with van der Waals surface area (Å²) in [6.45, 7) is 9.83. The number of benzene rings is 1. The molecule has 1 unspecified atom stereocenters. The Bertz CT molecular complexity index is 462. The van der Waals surface area contributed by atoms with Crippen molar-refractivity contribution in [2.75, 3.05) is 33.3 Å². The van der Waals surface area contributed by atoms with Crippen molar-refractivity contribution in [3.8, 4) is 0 Å². The summed E-state index contributed by atoms with van der Waals surface area (Å²) in [6.07, 6.45) is 0. The van der Waals surface area contributed by atoms with Crippen molar-refractivity contribution in [1.82, 2.24) is 10.2 Å². The second-order valence-electron chi connectivity index (χ2n) is 4.94. The van der Waals surface area contributed by atoms with Crippen molar-refractivity contribution in [2.24, 2.45) is 0 Å². The summed E-state index contributed by atoms with van der Waals surface area (Å²) in [7, 11) is 1.41. The van der Waals surface area contributed by atoms with Crippen LogP contribution in [0.2, 0.25) is 5.02 Å². The molecule has 1 atom stereocenters. The number of hydrogen-bond donors (Lipinski definition) is 1. The highest BCUT2D eigenvalue weighted by Crippen LogP contribution is 2.22. The predicted molar refractivity (Wildman–Crippen MR) is 86.7 cm³/mol. The van der Waals surface area contributed by atoms with Crippen LogP contribution >= 0.6 is 11.6 Å². The minimum atomic E-state index is -0.456. The molecule has 0 bridgehead atoms. The Morgan fingerprint density at radius 2 is 2.05 bits per heavy atom. The van der Waals surface area contributed by atoms with Gasteiger partial charge in [0.15, 0.2) is 0 Å². The van der Waals surface area contributed by atoms with E-state index in [0.29, 0.717) is 5.02 Å². The molecule has 0 amide bonds. The first-order valence-corrected chi connectivity index (χ1v) is 7.70. The van der Waals surface area contributed by atoms with Gasteiger partial charge in [0.2, 0.25) is 0 Å². The highest BCUT2D eigenvalue weighted by atomic mass is 35.5. The van der Waals surface area contributed by atoms with Crippen LogP contribution in [-0.4, -0.2) is 44.2 Å². The fourth-order valence-electron chi connectivity index (χ4n) is 2.31. The summed E-state index contributed by atoms with van der Waals surface area (Å²) in [5.41, 5.74) is 1.89. The highest BCUT2D eigenvalue weighted by Gasteiger charge is 2.22. The number of carbonyl (C=O) groups excluding carboxylic acids is 1. The Kier molecular flexibility index (Phi) is 7.72. The third kappa shape index (κ3) is 5.30. The number of methoxy groups -OCH3 is 1. The molecule has 0 aliphatic rings. The van der Waals surface area contributed by atoms with E-state index in [1.54, 1.807) is 6.07 Å². The van der Waals surface area contributed by atoms with E-state index in [4.69, 9.17) is 16.3 Å². The molecule has 1 aromatic rings. The molecule has 0 aliphatic heterocycles. The van der Waals surface area contributed by atoms with E-state index in [1.165, 1.54) is 7.11 Å². The summed E-state index contributed by atoms with van der Waals surface area (Å²) in [5, 5.41) is 3.96.